The van der Waals surface area contributed by atoms with Crippen LogP contribution in [-0.2, 0) is 4.79 Å². The minimum atomic E-state index is 0.341. The monoisotopic (exact) mass is 198 g/mol. The Morgan fingerprint density at radius 1 is 1.43 bits per heavy atom. The van der Waals surface area contributed by atoms with E-state index in [9.17, 15) is 4.79 Å². The molecule has 3 nitrogen and oxygen atoms in total. The van der Waals surface area contributed by atoms with Crippen molar-refractivity contribution in [2.24, 2.45) is 0 Å². The van der Waals surface area contributed by atoms with E-state index in [0.717, 1.165) is 32.5 Å². The highest BCUT2D eigenvalue weighted by Crippen LogP contribution is 2.10. The van der Waals surface area contributed by atoms with E-state index < -0.39 is 0 Å². The molecule has 0 aromatic rings. The summed E-state index contributed by atoms with van der Waals surface area (Å²) < 4.78 is 0. The Hall–Kier alpha value is -0.570. The minimum Gasteiger partial charge on any atom is -0.341 e. The fourth-order valence-corrected chi connectivity index (χ4v) is 1.63. The summed E-state index contributed by atoms with van der Waals surface area (Å²) in [5.41, 5.74) is 0. The summed E-state index contributed by atoms with van der Waals surface area (Å²) in [5.74, 6) is 0.341. The van der Waals surface area contributed by atoms with Gasteiger partial charge in [0, 0.05) is 32.1 Å². The Bertz CT molecular complexity index is 192. The summed E-state index contributed by atoms with van der Waals surface area (Å²) in [4.78, 5) is 15.8. The molecule has 1 rings (SSSR count). The number of amides is 1. The quantitative estimate of drug-likeness (QED) is 0.680. The second-order valence-electron chi connectivity index (χ2n) is 4.41. The van der Waals surface area contributed by atoms with Crippen LogP contribution in [0.2, 0.25) is 0 Å². The minimum absolute atomic E-state index is 0.341. The highest BCUT2D eigenvalue weighted by atomic mass is 16.2. The predicted octanol–water partition coefficient (Wildman–Crippen LogP) is 1.34. The number of piperidine rings is 1. The molecule has 0 N–H and O–H groups in total. The number of likely N-dealkylation sites (N-methyl/N-ethyl adjacent to an activating group) is 1. The van der Waals surface area contributed by atoms with Gasteiger partial charge in [0.2, 0.25) is 5.91 Å². The standard InChI is InChI=1S/C11H22N2O/c1-10(2)12(3)8-9-13-7-5-4-6-11(13)14/h10H,4-9H2,1-3H3. The first-order valence-electron chi connectivity index (χ1n) is 5.59. The average molecular weight is 198 g/mol. The molecule has 1 heterocycles. The van der Waals surface area contributed by atoms with Crippen molar-refractivity contribution < 1.29 is 4.79 Å². The molecule has 0 unspecified atom stereocenters. The molecule has 0 saturated carbocycles. The van der Waals surface area contributed by atoms with Gasteiger partial charge in [-0.1, -0.05) is 0 Å². The lowest BCUT2D eigenvalue weighted by Crippen LogP contribution is -2.41. The van der Waals surface area contributed by atoms with Crippen LogP contribution in [0.5, 0.6) is 0 Å². The Labute approximate surface area is 87.1 Å². The predicted molar refractivity (Wildman–Crippen MR) is 58.2 cm³/mol. The molecule has 0 radical (unpaired) electrons. The molecular formula is C11H22N2O. The zero-order chi connectivity index (χ0) is 10.6. The number of hydrogen-bond donors (Lipinski definition) is 0. The second kappa shape index (κ2) is 5.35. The number of rotatable bonds is 4. The van der Waals surface area contributed by atoms with Crippen LogP contribution in [0, 0.1) is 0 Å². The molecule has 1 saturated heterocycles. The normalized spacial score (nSPS) is 18.4. The third kappa shape index (κ3) is 3.29. The van der Waals surface area contributed by atoms with E-state index in [4.69, 9.17) is 0 Å². The average Bonchev–Trinajstić information content (AvgIpc) is 2.16. The van der Waals surface area contributed by atoms with Gasteiger partial charge < -0.3 is 9.80 Å². The summed E-state index contributed by atoms with van der Waals surface area (Å²) >= 11 is 0. The Balaban J connectivity index is 2.26. The van der Waals surface area contributed by atoms with E-state index >= 15 is 0 Å². The smallest absolute Gasteiger partial charge is 0.222 e. The van der Waals surface area contributed by atoms with E-state index in [1.807, 2.05) is 4.90 Å². The molecule has 0 aromatic heterocycles. The maximum absolute atomic E-state index is 11.5. The lowest BCUT2D eigenvalue weighted by atomic mass is 10.1. The van der Waals surface area contributed by atoms with E-state index in [2.05, 4.69) is 25.8 Å². The first kappa shape index (κ1) is 11.5. The van der Waals surface area contributed by atoms with Gasteiger partial charge in [-0.2, -0.15) is 0 Å². The van der Waals surface area contributed by atoms with E-state index in [1.165, 1.54) is 6.42 Å². The van der Waals surface area contributed by atoms with Gasteiger partial charge in [0.25, 0.3) is 0 Å². The molecule has 82 valence electrons. The molecule has 0 atom stereocenters. The Morgan fingerprint density at radius 3 is 2.71 bits per heavy atom. The van der Waals surface area contributed by atoms with Crippen molar-refractivity contribution >= 4 is 5.91 Å². The van der Waals surface area contributed by atoms with Crippen molar-refractivity contribution in [2.45, 2.75) is 39.2 Å². The van der Waals surface area contributed by atoms with Crippen LogP contribution >= 0.6 is 0 Å². The Kier molecular flexibility index (Phi) is 4.39. The van der Waals surface area contributed by atoms with Crippen LogP contribution in [-0.4, -0.2) is 48.4 Å². The molecule has 1 aliphatic rings. The fraction of sp³-hybridized carbons (Fsp3) is 0.909. The summed E-state index contributed by atoms with van der Waals surface area (Å²) in [6.07, 6.45) is 3.01. The van der Waals surface area contributed by atoms with Gasteiger partial charge in [0.15, 0.2) is 0 Å². The maximum atomic E-state index is 11.5. The zero-order valence-corrected chi connectivity index (χ0v) is 9.62. The van der Waals surface area contributed by atoms with Crippen LogP contribution in [0.25, 0.3) is 0 Å². The second-order valence-corrected chi connectivity index (χ2v) is 4.41. The van der Waals surface area contributed by atoms with Gasteiger partial charge in [-0.3, -0.25) is 4.79 Å². The largest absolute Gasteiger partial charge is 0.341 e. The van der Waals surface area contributed by atoms with Crippen molar-refractivity contribution in [1.82, 2.24) is 9.80 Å². The number of carbonyl (C=O) groups excluding carboxylic acids is 1. The van der Waals surface area contributed by atoms with Gasteiger partial charge in [0.1, 0.15) is 0 Å². The van der Waals surface area contributed by atoms with Crippen molar-refractivity contribution in [2.75, 3.05) is 26.7 Å². The van der Waals surface area contributed by atoms with Crippen molar-refractivity contribution in [3.8, 4) is 0 Å². The molecule has 0 bridgehead atoms. The number of carbonyl (C=O) groups is 1. The lowest BCUT2D eigenvalue weighted by Gasteiger charge is -2.30. The highest BCUT2D eigenvalue weighted by Gasteiger charge is 2.17. The van der Waals surface area contributed by atoms with Crippen LogP contribution in [0.15, 0.2) is 0 Å². The third-order valence-corrected chi connectivity index (χ3v) is 3.03. The summed E-state index contributed by atoms with van der Waals surface area (Å²) in [7, 11) is 2.11. The third-order valence-electron chi connectivity index (χ3n) is 3.03. The van der Waals surface area contributed by atoms with Gasteiger partial charge in [-0.15, -0.1) is 0 Å². The summed E-state index contributed by atoms with van der Waals surface area (Å²) in [6.45, 7) is 7.21. The van der Waals surface area contributed by atoms with Crippen LogP contribution in [0.4, 0.5) is 0 Å². The van der Waals surface area contributed by atoms with E-state index in [-0.39, 0.29) is 0 Å². The molecule has 0 spiro atoms. The molecule has 1 aliphatic heterocycles. The van der Waals surface area contributed by atoms with E-state index in [1.54, 1.807) is 0 Å². The topological polar surface area (TPSA) is 23.6 Å². The fourth-order valence-electron chi connectivity index (χ4n) is 1.63. The van der Waals surface area contributed by atoms with Gasteiger partial charge in [0.05, 0.1) is 0 Å². The number of likely N-dealkylation sites (tertiary alicyclic amines) is 1. The SMILES string of the molecule is CC(C)N(C)CCN1CCCCC1=O. The molecule has 1 amide bonds. The summed E-state index contributed by atoms with van der Waals surface area (Å²) in [6, 6.07) is 0.565. The van der Waals surface area contributed by atoms with Crippen LogP contribution in [0.1, 0.15) is 33.1 Å². The first-order chi connectivity index (χ1) is 6.61. The summed E-state index contributed by atoms with van der Waals surface area (Å²) in [5, 5.41) is 0. The number of hydrogen-bond acceptors (Lipinski definition) is 2. The number of nitrogens with zero attached hydrogens (tertiary/aromatic N) is 2. The van der Waals surface area contributed by atoms with Crippen molar-refractivity contribution in [1.29, 1.82) is 0 Å². The van der Waals surface area contributed by atoms with Gasteiger partial charge >= 0.3 is 0 Å². The van der Waals surface area contributed by atoms with Crippen molar-refractivity contribution in [3.63, 3.8) is 0 Å². The van der Waals surface area contributed by atoms with Crippen molar-refractivity contribution in [3.05, 3.63) is 0 Å². The molecule has 0 aromatic carbocycles. The van der Waals surface area contributed by atoms with Gasteiger partial charge in [-0.25, -0.2) is 0 Å². The molecule has 14 heavy (non-hydrogen) atoms. The molecule has 1 fully saturated rings. The van der Waals surface area contributed by atoms with Crippen LogP contribution < -0.4 is 0 Å². The zero-order valence-electron chi connectivity index (χ0n) is 9.62. The molecule has 0 aliphatic carbocycles. The van der Waals surface area contributed by atoms with Gasteiger partial charge in [-0.05, 0) is 33.7 Å². The first-order valence-corrected chi connectivity index (χ1v) is 5.59. The molecular weight excluding hydrogens is 176 g/mol. The molecule has 3 heteroatoms. The highest BCUT2D eigenvalue weighted by molar-refractivity contribution is 5.76. The maximum Gasteiger partial charge on any atom is 0.222 e. The lowest BCUT2D eigenvalue weighted by molar-refractivity contribution is -0.133. The van der Waals surface area contributed by atoms with E-state index in [0.29, 0.717) is 11.9 Å². The van der Waals surface area contributed by atoms with Crippen LogP contribution in [0.3, 0.4) is 0 Å². The Morgan fingerprint density at radius 2 is 2.14 bits per heavy atom.